The van der Waals surface area contributed by atoms with Crippen LogP contribution in [0.25, 0.3) is 0 Å². The Balaban J connectivity index is 1.99. The minimum absolute atomic E-state index is 0.337. The number of anilines is 1. The van der Waals surface area contributed by atoms with Gasteiger partial charge in [0, 0.05) is 11.3 Å². The lowest BCUT2D eigenvalue weighted by Crippen LogP contribution is -2.40. The average molecular weight is 317 g/mol. The lowest BCUT2D eigenvalue weighted by atomic mass is 10.2. The van der Waals surface area contributed by atoms with Crippen LogP contribution in [0.4, 0.5) is 10.1 Å². The third-order valence-corrected chi connectivity index (χ3v) is 3.04. The summed E-state index contributed by atoms with van der Waals surface area (Å²) in [6.45, 7) is 1.55. The highest BCUT2D eigenvalue weighted by atomic mass is 19.1. The van der Waals surface area contributed by atoms with Crippen LogP contribution in [0.5, 0.6) is 5.75 Å². The topological polar surface area (TPSA) is 93.4 Å². The summed E-state index contributed by atoms with van der Waals surface area (Å²) >= 11 is 0. The van der Waals surface area contributed by atoms with Crippen molar-refractivity contribution in [3.05, 3.63) is 59.9 Å². The van der Waals surface area contributed by atoms with E-state index < -0.39 is 12.0 Å². The zero-order valence-corrected chi connectivity index (χ0v) is 12.4. The van der Waals surface area contributed by atoms with E-state index in [1.807, 2.05) is 5.43 Å². The maximum absolute atomic E-state index is 12.8. The van der Waals surface area contributed by atoms with Gasteiger partial charge in [-0.25, -0.2) is 10.2 Å². The Morgan fingerprint density at radius 1 is 1.09 bits per heavy atom. The van der Waals surface area contributed by atoms with Gasteiger partial charge in [-0.1, -0.05) is 0 Å². The van der Waals surface area contributed by atoms with Crippen molar-refractivity contribution in [1.29, 1.82) is 0 Å². The number of hydrazine groups is 1. The molecule has 2 aromatic rings. The van der Waals surface area contributed by atoms with Crippen LogP contribution in [0, 0.1) is 5.82 Å². The molecule has 120 valence electrons. The summed E-state index contributed by atoms with van der Waals surface area (Å²) in [6, 6.07) is 11.7. The van der Waals surface area contributed by atoms with Crippen molar-refractivity contribution < 1.29 is 18.7 Å². The number of halogens is 1. The van der Waals surface area contributed by atoms with Gasteiger partial charge >= 0.3 is 0 Å². The molecule has 2 amide bonds. The molecule has 6 nitrogen and oxygen atoms in total. The molecule has 7 heteroatoms. The Kier molecular flexibility index (Phi) is 5.27. The van der Waals surface area contributed by atoms with Crippen LogP contribution in [0.1, 0.15) is 17.3 Å². The van der Waals surface area contributed by atoms with Crippen LogP contribution in [0.2, 0.25) is 0 Å². The van der Waals surface area contributed by atoms with E-state index in [0.717, 1.165) is 0 Å². The minimum Gasteiger partial charge on any atom is -0.481 e. The molecule has 0 fully saturated rings. The van der Waals surface area contributed by atoms with E-state index >= 15 is 0 Å². The Morgan fingerprint density at radius 2 is 1.70 bits per heavy atom. The molecule has 0 aliphatic carbocycles. The van der Waals surface area contributed by atoms with E-state index in [-0.39, 0.29) is 11.7 Å². The fraction of sp³-hybridized carbons (Fsp3) is 0.125. The number of nitrogens with two attached hydrogens (primary N) is 1. The van der Waals surface area contributed by atoms with Crippen LogP contribution in [0.15, 0.2) is 48.5 Å². The van der Waals surface area contributed by atoms with Crippen LogP contribution in [-0.2, 0) is 4.79 Å². The Morgan fingerprint density at radius 3 is 2.26 bits per heavy atom. The molecule has 0 radical (unpaired) electrons. The number of nitrogens with one attached hydrogen (secondary N) is 2. The molecule has 0 aliphatic rings. The van der Waals surface area contributed by atoms with Crippen molar-refractivity contribution in [2.45, 2.75) is 13.0 Å². The molecule has 0 heterocycles. The molecule has 0 unspecified atom stereocenters. The molecule has 2 rings (SSSR count). The van der Waals surface area contributed by atoms with Gasteiger partial charge in [0.25, 0.3) is 11.8 Å². The molecule has 2 aromatic carbocycles. The van der Waals surface area contributed by atoms with Crippen molar-refractivity contribution in [2.24, 2.45) is 5.84 Å². The molecule has 0 saturated carbocycles. The molecule has 4 N–H and O–H groups in total. The van der Waals surface area contributed by atoms with E-state index in [4.69, 9.17) is 10.6 Å². The number of rotatable bonds is 5. The molecule has 0 spiro atoms. The fourth-order valence-corrected chi connectivity index (χ4v) is 1.80. The second kappa shape index (κ2) is 7.37. The summed E-state index contributed by atoms with van der Waals surface area (Å²) in [5, 5.41) is 2.65. The van der Waals surface area contributed by atoms with Crippen molar-refractivity contribution in [2.75, 3.05) is 5.32 Å². The number of amides is 2. The maximum atomic E-state index is 12.8. The van der Waals surface area contributed by atoms with Crippen LogP contribution >= 0.6 is 0 Å². The predicted octanol–water partition coefficient (Wildman–Crippen LogP) is 1.84. The van der Waals surface area contributed by atoms with Crippen molar-refractivity contribution in [3.63, 3.8) is 0 Å². The average Bonchev–Trinajstić information content (AvgIpc) is 2.56. The summed E-state index contributed by atoms with van der Waals surface area (Å²) in [5.74, 6) is 4.28. The summed E-state index contributed by atoms with van der Waals surface area (Å²) in [5.41, 5.74) is 2.88. The minimum atomic E-state index is -0.751. The highest BCUT2D eigenvalue weighted by Gasteiger charge is 2.13. The Labute approximate surface area is 132 Å². The zero-order chi connectivity index (χ0) is 16.8. The van der Waals surface area contributed by atoms with E-state index in [2.05, 4.69) is 5.32 Å². The Bertz CT molecular complexity index is 687. The summed E-state index contributed by atoms with van der Waals surface area (Å²) < 4.78 is 18.2. The standard InChI is InChI=1S/C16H16FN3O3/c1-10(15(21)20-18)23-14-8-2-11(3-9-14)16(22)19-13-6-4-12(17)5-7-13/h2-10H,18H2,1H3,(H,19,22)(H,20,21)/t10-/m1/s1. The highest BCUT2D eigenvalue weighted by Crippen LogP contribution is 2.16. The zero-order valence-electron chi connectivity index (χ0n) is 12.4. The van der Waals surface area contributed by atoms with Gasteiger partial charge in [0.2, 0.25) is 0 Å². The van der Waals surface area contributed by atoms with Gasteiger partial charge < -0.3 is 10.1 Å². The summed E-state index contributed by atoms with van der Waals surface area (Å²) in [7, 11) is 0. The first-order chi connectivity index (χ1) is 11.0. The van der Waals surface area contributed by atoms with E-state index in [1.54, 1.807) is 31.2 Å². The predicted molar refractivity (Wildman–Crippen MR) is 83.2 cm³/mol. The first-order valence-corrected chi connectivity index (χ1v) is 6.83. The number of carbonyl (C=O) groups is 2. The van der Waals surface area contributed by atoms with Gasteiger partial charge in [0.15, 0.2) is 6.10 Å². The van der Waals surface area contributed by atoms with Gasteiger partial charge in [-0.2, -0.15) is 0 Å². The highest BCUT2D eigenvalue weighted by molar-refractivity contribution is 6.04. The monoisotopic (exact) mass is 317 g/mol. The number of carbonyl (C=O) groups excluding carboxylic acids is 2. The number of hydrogen-bond donors (Lipinski definition) is 3. The van der Waals surface area contributed by atoms with E-state index in [9.17, 15) is 14.0 Å². The van der Waals surface area contributed by atoms with Crippen molar-refractivity contribution >= 4 is 17.5 Å². The van der Waals surface area contributed by atoms with E-state index in [1.165, 1.54) is 24.3 Å². The van der Waals surface area contributed by atoms with Gasteiger partial charge in [0.05, 0.1) is 0 Å². The van der Waals surface area contributed by atoms with Crippen molar-refractivity contribution in [3.8, 4) is 5.75 Å². The van der Waals surface area contributed by atoms with Crippen LogP contribution < -0.4 is 21.3 Å². The lowest BCUT2D eigenvalue weighted by Gasteiger charge is -2.13. The SMILES string of the molecule is C[C@@H](Oc1ccc(C(=O)Nc2ccc(F)cc2)cc1)C(=O)NN. The molecule has 0 saturated heterocycles. The van der Waals surface area contributed by atoms with Crippen molar-refractivity contribution in [1.82, 2.24) is 5.43 Å². The second-order valence-electron chi connectivity index (χ2n) is 4.75. The van der Waals surface area contributed by atoms with Crippen LogP contribution in [0.3, 0.4) is 0 Å². The number of benzene rings is 2. The van der Waals surface area contributed by atoms with Gasteiger partial charge in [-0.15, -0.1) is 0 Å². The quantitative estimate of drug-likeness (QED) is 0.445. The molecule has 0 aromatic heterocycles. The van der Waals surface area contributed by atoms with E-state index in [0.29, 0.717) is 17.0 Å². The summed E-state index contributed by atoms with van der Waals surface area (Å²) in [4.78, 5) is 23.3. The molecular weight excluding hydrogens is 301 g/mol. The number of ether oxygens (including phenoxy) is 1. The molecular formula is C16H16FN3O3. The number of hydrogen-bond acceptors (Lipinski definition) is 4. The maximum Gasteiger partial charge on any atom is 0.274 e. The normalized spacial score (nSPS) is 11.4. The first-order valence-electron chi connectivity index (χ1n) is 6.83. The first kappa shape index (κ1) is 16.4. The molecule has 0 bridgehead atoms. The third-order valence-electron chi connectivity index (χ3n) is 3.04. The fourth-order valence-electron chi connectivity index (χ4n) is 1.80. The largest absolute Gasteiger partial charge is 0.481 e. The van der Waals surface area contributed by atoms with Gasteiger partial charge in [-0.05, 0) is 55.5 Å². The summed E-state index contributed by atoms with van der Waals surface area (Å²) in [6.07, 6.45) is -0.751. The van der Waals surface area contributed by atoms with Gasteiger partial charge in [-0.3, -0.25) is 15.0 Å². The lowest BCUT2D eigenvalue weighted by molar-refractivity contribution is -0.127. The smallest absolute Gasteiger partial charge is 0.274 e. The Hall–Kier alpha value is -2.93. The molecule has 23 heavy (non-hydrogen) atoms. The second-order valence-corrected chi connectivity index (χ2v) is 4.75. The van der Waals surface area contributed by atoms with Gasteiger partial charge in [0.1, 0.15) is 11.6 Å². The van der Waals surface area contributed by atoms with Crippen LogP contribution in [-0.4, -0.2) is 17.9 Å². The molecule has 1 atom stereocenters. The molecule has 0 aliphatic heterocycles. The third kappa shape index (κ3) is 4.52.